The molecule has 2 aliphatic rings. The van der Waals surface area contributed by atoms with E-state index in [1.807, 2.05) is 0 Å². The summed E-state index contributed by atoms with van der Waals surface area (Å²) < 4.78 is 12.3. The fourth-order valence-corrected chi connectivity index (χ4v) is 10.5. The number of hydrogen-bond acceptors (Lipinski definition) is 4. The van der Waals surface area contributed by atoms with E-state index in [1.54, 1.807) is 6.92 Å². The molecule has 0 heterocycles. The van der Waals surface area contributed by atoms with Gasteiger partial charge in [-0.3, -0.25) is 0 Å². The lowest BCUT2D eigenvalue weighted by Crippen LogP contribution is -2.66. The third-order valence-electron chi connectivity index (χ3n) is 7.79. The lowest BCUT2D eigenvalue weighted by molar-refractivity contribution is -0.139. The number of carbonyl (C=O) groups is 1. The van der Waals surface area contributed by atoms with Gasteiger partial charge in [-0.25, -0.2) is 4.79 Å². The number of aliphatic hydroxyl groups excluding tert-OH is 1. The van der Waals surface area contributed by atoms with Crippen LogP contribution in [0.2, 0.25) is 5.04 Å². The van der Waals surface area contributed by atoms with Crippen molar-refractivity contribution in [3.63, 3.8) is 0 Å². The Kier molecular flexibility index (Phi) is 7.87. The molecule has 0 spiro atoms. The molecule has 0 aliphatic heterocycles. The first kappa shape index (κ1) is 25.7. The molecule has 2 aromatic rings. The Morgan fingerprint density at radius 3 is 2.14 bits per heavy atom. The van der Waals surface area contributed by atoms with E-state index in [1.165, 1.54) is 16.8 Å². The topological polar surface area (TPSA) is 55.8 Å². The SMILES string of the molecule is CCOC(=O)C1=C(O)CCC(C[C@H]2C[C@@H]2CO[Si](c2ccccc2)(c2ccccc2)C(C)(C)C)C1. The van der Waals surface area contributed by atoms with Crippen LogP contribution in [0.25, 0.3) is 0 Å². The first-order chi connectivity index (χ1) is 16.8. The highest BCUT2D eigenvalue weighted by Crippen LogP contribution is 2.47. The van der Waals surface area contributed by atoms with Gasteiger partial charge in [-0.15, -0.1) is 0 Å². The van der Waals surface area contributed by atoms with Crippen LogP contribution < -0.4 is 10.4 Å². The summed E-state index contributed by atoms with van der Waals surface area (Å²) in [6.07, 6.45) is 4.41. The fourth-order valence-electron chi connectivity index (χ4n) is 5.85. The van der Waals surface area contributed by atoms with Crippen LogP contribution >= 0.6 is 0 Å². The van der Waals surface area contributed by atoms with E-state index >= 15 is 0 Å². The molecule has 0 aromatic heterocycles. The van der Waals surface area contributed by atoms with Crippen molar-refractivity contribution >= 4 is 24.7 Å². The van der Waals surface area contributed by atoms with Gasteiger partial charge in [-0.1, -0.05) is 81.4 Å². The van der Waals surface area contributed by atoms with Crippen molar-refractivity contribution in [1.82, 2.24) is 0 Å². The van der Waals surface area contributed by atoms with Crippen LogP contribution in [0.5, 0.6) is 0 Å². The van der Waals surface area contributed by atoms with E-state index in [9.17, 15) is 9.90 Å². The highest BCUT2D eigenvalue weighted by Gasteiger charge is 2.51. The van der Waals surface area contributed by atoms with Gasteiger partial charge in [0.25, 0.3) is 8.32 Å². The number of ether oxygens (including phenoxy) is 1. The molecule has 1 N–H and O–H groups in total. The van der Waals surface area contributed by atoms with E-state index < -0.39 is 8.32 Å². The number of carbonyl (C=O) groups excluding carboxylic acids is 1. The smallest absolute Gasteiger partial charge is 0.337 e. The number of allylic oxidation sites excluding steroid dienone is 1. The number of benzene rings is 2. The normalized spacial score (nSPS) is 22.7. The monoisotopic (exact) mass is 492 g/mol. The molecular weight excluding hydrogens is 452 g/mol. The van der Waals surface area contributed by atoms with Gasteiger partial charge in [0.2, 0.25) is 0 Å². The maximum absolute atomic E-state index is 12.2. The van der Waals surface area contributed by atoms with E-state index in [0.717, 1.165) is 19.4 Å². The summed E-state index contributed by atoms with van der Waals surface area (Å²) in [6.45, 7) is 9.88. The first-order valence-corrected chi connectivity index (χ1v) is 15.0. The maximum atomic E-state index is 12.2. The van der Waals surface area contributed by atoms with Gasteiger partial charge in [0.15, 0.2) is 0 Å². The molecule has 0 bridgehead atoms. The van der Waals surface area contributed by atoms with Gasteiger partial charge in [-0.05, 0) is 65.8 Å². The lowest BCUT2D eigenvalue weighted by Gasteiger charge is -2.43. The van der Waals surface area contributed by atoms with E-state index in [-0.39, 0.29) is 16.8 Å². The van der Waals surface area contributed by atoms with Crippen LogP contribution in [0, 0.1) is 17.8 Å². The highest BCUT2D eigenvalue weighted by atomic mass is 28.4. The first-order valence-electron chi connectivity index (χ1n) is 13.1. The van der Waals surface area contributed by atoms with Crippen molar-refractivity contribution in [2.45, 2.75) is 64.8 Å². The van der Waals surface area contributed by atoms with Gasteiger partial charge in [0.05, 0.1) is 12.2 Å². The van der Waals surface area contributed by atoms with Crippen LogP contribution in [0.3, 0.4) is 0 Å². The zero-order valence-electron chi connectivity index (χ0n) is 21.6. The number of aliphatic hydroxyl groups is 1. The minimum Gasteiger partial charge on any atom is -0.512 e. The maximum Gasteiger partial charge on any atom is 0.337 e. The van der Waals surface area contributed by atoms with Crippen molar-refractivity contribution < 1.29 is 19.1 Å². The Labute approximate surface area is 211 Å². The fraction of sp³-hybridized carbons (Fsp3) is 0.500. The number of esters is 1. The largest absolute Gasteiger partial charge is 0.512 e. The number of hydrogen-bond donors (Lipinski definition) is 1. The second-order valence-corrected chi connectivity index (χ2v) is 15.5. The highest BCUT2D eigenvalue weighted by molar-refractivity contribution is 6.99. The summed E-state index contributed by atoms with van der Waals surface area (Å²) in [5.41, 5.74) is 0.490. The second-order valence-electron chi connectivity index (χ2n) is 11.2. The summed E-state index contributed by atoms with van der Waals surface area (Å²) in [7, 11) is -2.50. The van der Waals surface area contributed by atoms with Crippen molar-refractivity contribution in [3.05, 3.63) is 72.0 Å². The summed E-state index contributed by atoms with van der Waals surface area (Å²) in [5.74, 6) is 1.48. The molecule has 0 amide bonds. The summed E-state index contributed by atoms with van der Waals surface area (Å²) in [5, 5.41) is 12.8. The lowest BCUT2D eigenvalue weighted by atomic mass is 9.84. The molecular formula is C30H40O4Si. The van der Waals surface area contributed by atoms with Gasteiger partial charge in [0.1, 0.15) is 5.76 Å². The molecule has 5 heteroatoms. The van der Waals surface area contributed by atoms with E-state index in [2.05, 4.69) is 81.4 Å². The van der Waals surface area contributed by atoms with E-state index in [0.29, 0.717) is 42.8 Å². The molecule has 35 heavy (non-hydrogen) atoms. The minimum atomic E-state index is -2.50. The molecule has 1 fully saturated rings. The van der Waals surface area contributed by atoms with Crippen molar-refractivity contribution in [1.29, 1.82) is 0 Å². The zero-order valence-corrected chi connectivity index (χ0v) is 22.6. The third kappa shape index (κ3) is 5.57. The van der Waals surface area contributed by atoms with Crippen LogP contribution in [0.1, 0.15) is 59.8 Å². The molecule has 1 saturated carbocycles. The Hall–Kier alpha value is -2.37. The van der Waals surface area contributed by atoms with E-state index in [4.69, 9.17) is 9.16 Å². The molecule has 2 aromatic carbocycles. The molecule has 1 unspecified atom stereocenters. The van der Waals surface area contributed by atoms with Crippen molar-refractivity contribution in [3.8, 4) is 0 Å². The Morgan fingerprint density at radius 2 is 1.60 bits per heavy atom. The Bertz CT molecular complexity index is 986. The Balaban J connectivity index is 1.46. The minimum absolute atomic E-state index is 0.0136. The molecule has 0 saturated heterocycles. The molecule has 0 radical (unpaired) electrons. The molecule has 188 valence electrons. The molecule has 4 rings (SSSR count). The van der Waals surface area contributed by atoms with Crippen LogP contribution in [-0.2, 0) is 14.0 Å². The molecule has 3 atom stereocenters. The predicted molar refractivity (Wildman–Crippen MR) is 143 cm³/mol. The van der Waals surface area contributed by atoms with Crippen LogP contribution in [0.4, 0.5) is 0 Å². The van der Waals surface area contributed by atoms with Crippen molar-refractivity contribution in [2.75, 3.05) is 13.2 Å². The quantitative estimate of drug-likeness (QED) is 0.357. The molecule has 4 nitrogen and oxygen atoms in total. The zero-order chi connectivity index (χ0) is 25.1. The average Bonchev–Trinajstić information content (AvgIpc) is 3.59. The number of rotatable bonds is 9. The van der Waals surface area contributed by atoms with Crippen LogP contribution in [-0.4, -0.2) is 32.6 Å². The Morgan fingerprint density at radius 1 is 1.00 bits per heavy atom. The summed E-state index contributed by atoms with van der Waals surface area (Å²) in [6, 6.07) is 21.6. The summed E-state index contributed by atoms with van der Waals surface area (Å²) >= 11 is 0. The van der Waals surface area contributed by atoms with Crippen LogP contribution in [0.15, 0.2) is 72.0 Å². The van der Waals surface area contributed by atoms with Gasteiger partial charge in [-0.2, -0.15) is 0 Å². The van der Waals surface area contributed by atoms with Gasteiger partial charge >= 0.3 is 5.97 Å². The molecule has 2 aliphatic carbocycles. The standard InChI is InChI=1S/C30H40O4Si/c1-5-33-29(32)27-19-22(16-17-28(27)31)18-23-20-24(23)21-34-35(30(2,3)4,25-12-8-6-9-13-25)26-14-10-7-11-15-26/h6-15,22-24,31H,5,16-21H2,1-4H3/t22?,23-,24+/m0/s1. The van der Waals surface area contributed by atoms with Crippen molar-refractivity contribution in [2.24, 2.45) is 17.8 Å². The third-order valence-corrected chi connectivity index (χ3v) is 12.8. The second kappa shape index (κ2) is 10.7. The van der Waals surface area contributed by atoms with Gasteiger partial charge < -0.3 is 14.3 Å². The predicted octanol–water partition coefficient (Wildman–Crippen LogP) is 5.76. The average molecular weight is 493 g/mol. The summed E-state index contributed by atoms with van der Waals surface area (Å²) in [4.78, 5) is 12.2. The van der Waals surface area contributed by atoms with Gasteiger partial charge in [0, 0.05) is 13.0 Å².